The molecule has 84 valence electrons. The third-order valence-electron chi connectivity index (χ3n) is 2.89. The molecule has 0 amide bonds. The number of benzene rings is 1. The SMILES string of the molecule is Cc1cc(C(C)C)c(N)c(C(C)C)c1N. The summed E-state index contributed by atoms with van der Waals surface area (Å²) < 4.78 is 0. The van der Waals surface area contributed by atoms with Gasteiger partial charge >= 0.3 is 0 Å². The average Bonchev–Trinajstić information content (AvgIpc) is 2.10. The minimum Gasteiger partial charge on any atom is -0.398 e. The zero-order chi connectivity index (χ0) is 11.7. The molecule has 15 heavy (non-hydrogen) atoms. The summed E-state index contributed by atoms with van der Waals surface area (Å²) in [7, 11) is 0. The lowest BCUT2D eigenvalue weighted by molar-refractivity contribution is 0.839. The maximum absolute atomic E-state index is 6.17. The second-order valence-corrected chi connectivity index (χ2v) is 4.83. The van der Waals surface area contributed by atoms with Crippen molar-refractivity contribution in [1.29, 1.82) is 0 Å². The molecule has 1 aromatic carbocycles. The molecule has 2 nitrogen and oxygen atoms in total. The first-order chi connectivity index (χ1) is 6.86. The van der Waals surface area contributed by atoms with Crippen LogP contribution in [0.25, 0.3) is 0 Å². The number of nitrogen functional groups attached to an aromatic ring is 2. The fourth-order valence-corrected chi connectivity index (χ4v) is 2.00. The summed E-state index contributed by atoms with van der Waals surface area (Å²) in [6, 6.07) is 2.11. The number of anilines is 2. The van der Waals surface area contributed by atoms with E-state index in [-0.39, 0.29) is 0 Å². The second kappa shape index (κ2) is 4.13. The van der Waals surface area contributed by atoms with Gasteiger partial charge in [-0.2, -0.15) is 0 Å². The molecular formula is C13H22N2. The van der Waals surface area contributed by atoms with E-state index in [0.29, 0.717) is 11.8 Å². The molecule has 0 fully saturated rings. The van der Waals surface area contributed by atoms with E-state index in [1.165, 1.54) is 5.56 Å². The molecule has 1 rings (SSSR count). The summed E-state index contributed by atoms with van der Waals surface area (Å²) in [6.45, 7) is 10.6. The van der Waals surface area contributed by atoms with Gasteiger partial charge in [-0.3, -0.25) is 0 Å². The molecule has 0 aromatic heterocycles. The standard InChI is InChI=1S/C13H22N2/c1-7(2)10-6-9(5)12(14)11(8(3)4)13(10)15/h6-8H,14-15H2,1-5H3. The third kappa shape index (κ3) is 2.09. The van der Waals surface area contributed by atoms with Crippen molar-refractivity contribution in [2.24, 2.45) is 0 Å². The van der Waals surface area contributed by atoms with Crippen LogP contribution in [0.3, 0.4) is 0 Å². The summed E-state index contributed by atoms with van der Waals surface area (Å²) in [6.07, 6.45) is 0. The Labute approximate surface area is 92.7 Å². The second-order valence-electron chi connectivity index (χ2n) is 4.83. The van der Waals surface area contributed by atoms with Crippen LogP contribution in [-0.2, 0) is 0 Å². The van der Waals surface area contributed by atoms with Crippen molar-refractivity contribution in [2.75, 3.05) is 11.5 Å². The van der Waals surface area contributed by atoms with Crippen molar-refractivity contribution in [3.05, 3.63) is 22.8 Å². The quantitative estimate of drug-likeness (QED) is 0.729. The Morgan fingerprint density at radius 1 is 0.933 bits per heavy atom. The minimum absolute atomic E-state index is 0.377. The molecule has 0 unspecified atom stereocenters. The van der Waals surface area contributed by atoms with Crippen LogP contribution in [0.1, 0.15) is 56.2 Å². The highest BCUT2D eigenvalue weighted by molar-refractivity contribution is 5.70. The van der Waals surface area contributed by atoms with Gasteiger partial charge in [0.1, 0.15) is 0 Å². The van der Waals surface area contributed by atoms with Gasteiger partial charge in [0.05, 0.1) is 0 Å². The smallest absolute Gasteiger partial charge is 0.0405 e. The van der Waals surface area contributed by atoms with Crippen molar-refractivity contribution in [2.45, 2.75) is 46.5 Å². The first kappa shape index (κ1) is 11.9. The molecular weight excluding hydrogens is 184 g/mol. The topological polar surface area (TPSA) is 52.0 Å². The van der Waals surface area contributed by atoms with Crippen LogP contribution in [0.5, 0.6) is 0 Å². The monoisotopic (exact) mass is 206 g/mol. The fourth-order valence-electron chi connectivity index (χ4n) is 2.00. The van der Waals surface area contributed by atoms with E-state index >= 15 is 0 Å². The lowest BCUT2D eigenvalue weighted by atomic mass is 9.89. The zero-order valence-electron chi connectivity index (χ0n) is 10.4. The number of hydrogen-bond acceptors (Lipinski definition) is 2. The van der Waals surface area contributed by atoms with Crippen molar-refractivity contribution in [1.82, 2.24) is 0 Å². The molecule has 0 spiro atoms. The predicted octanol–water partition coefficient (Wildman–Crippen LogP) is 3.41. The largest absolute Gasteiger partial charge is 0.398 e. The van der Waals surface area contributed by atoms with Crippen LogP contribution >= 0.6 is 0 Å². The van der Waals surface area contributed by atoms with Gasteiger partial charge in [0.25, 0.3) is 0 Å². The van der Waals surface area contributed by atoms with Gasteiger partial charge in [0, 0.05) is 16.9 Å². The Bertz CT molecular complexity index is 365. The summed E-state index contributed by atoms with van der Waals surface area (Å²) in [5.41, 5.74) is 17.4. The maximum Gasteiger partial charge on any atom is 0.0405 e. The molecule has 0 heterocycles. The van der Waals surface area contributed by atoms with Gasteiger partial charge in [0.2, 0.25) is 0 Å². The molecule has 0 aliphatic carbocycles. The molecule has 0 aliphatic heterocycles. The summed E-state index contributed by atoms with van der Waals surface area (Å²) in [4.78, 5) is 0. The zero-order valence-corrected chi connectivity index (χ0v) is 10.4. The summed E-state index contributed by atoms with van der Waals surface area (Å²) in [5.74, 6) is 0.823. The van der Waals surface area contributed by atoms with Gasteiger partial charge in [-0.05, 0) is 29.9 Å². The number of aryl methyl sites for hydroxylation is 1. The number of rotatable bonds is 2. The van der Waals surface area contributed by atoms with E-state index in [4.69, 9.17) is 11.5 Å². The van der Waals surface area contributed by atoms with Crippen LogP contribution < -0.4 is 11.5 Å². The van der Waals surface area contributed by atoms with Gasteiger partial charge in [-0.15, -0.1) is 0 Å². The van der Waals surface area contributed by atoms with Crippen LogP contribution in [-0.4, -0.2) is 0 Å². The van der Waals surface area contributed by atoms with Crippen molar-refractivity contribution < 1.29 is 0 Å². The molecule has 2 heteroatoms. The van der Waals surface area contributed by atoms with Crippen LogP contribution in [0, 0.1) is 6.92 Å². The predicted molar refractivity (Wildman–Crippen MR) is 68.2 cm³/mol. The van der Waals surface area contributed by atoms with Gasteiger partial charge in [-0.25, -0.2) is 0 Å². The molecule has 0 saturated carbocycles. The Kier molecular flexibility index (Phi) is 3.28. The van der Waals surface area contributed by atoms with Crippen LogP contribution in [0.4, 0.5) is 11.4 Å². The van der Waals surface area contributed by atoms with Crippen molar-refractivity contribution in [3.8, 4) is 0 Å². The number of nitrogens with two attached hydrogens (primary N) is 2. The Hall–Kier alpha value is -1.18. The van der Waals surface area contributed by atoms with Crippen molar-refractivity contribution in [3.63, 3.8) is 0 Å². The van der Waals surface area contributed by atoms with E-state index in [2.05, 4.69) is 33.8 Å². The lowest BCUT2D eigenvalue weighted by Gasteiger charge is -2.20. The average molecular weight is 206 g/mol. The normalized spacial score (nSPS) is 11.4. The molecule has 0 aliphatic rings. The molecule has 0 saturated heterocycles. The summed E-state index contributed by atoms with van der Waals surface area (Å²) in [5, 5.41) is 0. The fraction of sp³-hybridized carbons (Fsp3) is 0.538. The maximum atomic E-state index is 6.17. The van der Waals surface area contributed by atoms with Crippen LogP contribution in [0.2, 0.25) is 0 Å². The Balaban J connectivity index is 3.49. The van der Waals surface area contributed by atoms with E-state index in [1.807, 2.05) is 6.92 Å². The van der Waals surface area contributed by atoms with Crippen LogP contribution in [0.15, 0.2) is 6.07 Å². The highest BCUT2D eigenvalue weighted by Crippen LogP contribution is 2.36. The third-order valence-corrected chi connectivity index (χ3v) is 2.89. The molecule has 0 radical (unpaired) electrons. The summed E-state index contributed by atoms with van der Waals surface area (Å²) >= 11 is 0. The van der Waals surface area contributed by atoms with Gasteiger partial charge in [0.15, 0.2) is 0 Å². The highest BCUT2D eigenvalue weighted by atomic mass is 14.6. The lowest BCUT2D eigenvalue weighted by Crippen LogP contribution is -2.08. The number of hydrogen-bond donors (Lipinski definition) is 2. The molecule has 4 N–H and O–H groups in total. The van der Waals surface area contributed by atoms with E-state index in [0.717, 1.165) is 22.5 Å². The van der Waals surface area contributed by atoms with E-state index in [9.17, 15) is 0 Å². The van der Waals surface area contributed by atoms with E-state index < -0.39 is 0 Å². The molecule has 0 bridgehead atoms. The van der Waals surface area contributed by atoms with Gasteiger partial charge in [-0.1, -0.05) is 33.8 Å². The highest BCUT2D eigenvalue weighted by Gasteiger charge is 2.16. The van der Waals surface area contributed by atoms with E-state index in [1.54, 1.807) is 0 Å². The Morgan fingerprint density at radius 3 is 1.87 bits per heavy atom. The van der Waals surface area contributed by atoms with Gasteiger partial charge < -0.3 is 11.5 Å². The first-order valence-corrected chi connectivity index (χ1v) is 5.54. The minimum atomic E-state index is 0.377. The Morgan fingerprint density at radius 2 is 1.47 bits per heavy atom. The molecule has 1 aromatic rings. The first-order valence-electron chi connectivity index (χ1n) is 5.54. The molecule has 0 atom stereocenters. The van der Waals surface area contributed by atoms with Crippen molar-refractivity contribution >= 4 is 11.4 Å².